The summed E-state index contributed by atoms with van der Waals surface area (Å²) in [6.07, 6.45) is 3.80. The Labute approximate surface area is 219 Å². The highest BCUT2D eigenvalue weighted by Crippen LogP contribution is 2.28. The second kappa shape index (κ2) is 11.8. The minimum absolute atomic E-state index is 0.227. The molecule has 3 heterocycles. The van der Waals surface area contributed by atoms with Gasteiger partial charge in [0, 0.05) is 26.2 Å². The Kier molecular flexibility index (Phi) is 7.88. The van der Waals surface area contributed by atoms with Gasteiger partial charge in [0.1, 0.15) is 5.82 Å². The number of aromatic nitrogens is 3. The fourth-order valence-electron chi connectivity index (χ4n) is 4.13. The average molecular weight is 522 g/mol. The summed E-state index contributed by atoms with van der Waals surface area (Å²) in [5, 5.41) is 4.30. The van der Waals surface area contributed by atoms with Crippen molar-refractivity contribution in [3.63, 3.8) is 0 Å². The molecule has 0 spiro atoms. The number of hydrogen-bond acceptors (Lipinski definition) is 11. The third-order valence-corrected chi connectivity index (χ3v) is 6.14. The Hall–Kier alpha value is -4.32. The van der Waals surface area contributed by atoms with Crippen LogP contribution in [0.3, 0.4) is 0 Å². The maximum atomic E-state index is 13.1. The van der Waals surface area contributed by atoms with Gasteiger partial charge >= 0.3 is 5.97 Å². The van der Waals surface area contributed by atoms with Crippen LogP contribution in [0.1, 0.15) is 28.8 Å². The number of carbonyl (C=O) groups is 1. The minimum Gasteiger partial charge on any atom is -0.493 e. The third-order valence-electron chi connectivity index (χ3n) is 6.14. The van der Waals surface area contributed by atoms with Gasteiger partial charge in [-0.25, -0.2) is 14.6 Å². The molecule has 0 saturated carbocycles. The van der Waals surface area contributed by atoms with E-state index in [1.54, 1.807) is 24.4 Å². The van der Waals surface area contributed by atoms with Gasteiger partial charge in [0.05, 0.1) is 32.1 Å². The van der Waals surface area contributed by atoms with Crippen molar-refractivity contribution in [1.82, 2.24) is 15.0 Å². The number of halogens is 1. The molecule has 2 aromatic carbocycles. The first-order valence-corrected chi connectivity index (χ1v) is 12.4. The molecule has 1 N–H and O–H groups in total. The van der Waals surface area contributed by atoms with E-state index in [1.807, 2.05) is 0 Å². The summed E-state index contributed by atoms with van der Waals surface area (Å²) >= 11 is 0. The maximum Gasteiger partial charge on any atom is 0.343 e. The Bertz CT molecular complexity index is 1290. The molecule has 38 heavy (non-hydrogen) atoms. The molecule has 3 aromatic rings. The van der Waals surface area contributed by atoms with Crippen molar-refractivity contribution in [2.24, 2.45) is 5.10 Å². The van der Waals surface area contributed by atoms with Gasteiger partial charge in [0.2, 0.25) is 17.8 Å². The Morgan fingerprint density at radius 2 is 1.66 bits per heavy atom. The number of esters is 1. The highest BCUT2D eigenvalue weighted by Gasteiger charge is 2.21. The first-order valence-electron chi connectivity index (χ1n) is 12.4. The number of nitrogens with one attached hydrogen (secondary N) is 1. The van der Waals surface area contributed by atoms with E-state index in [0.717, 1.165) is 25.9 Å². The smallest absolute Gasteiger partial charge is 0.343 e. The predicted molar refractivity (Wildman–Crippen MR) is 140 cm³/mol. The molecule has 11 nitrogen and oxygen atoms in total. The molecule has 2 fully saturated rings. The van der Waals surface area contributed by atoms with Crippen molar-refractivity contribution in [2.45, 2.75) is 12.8 Å². The number of hydrazone groups is 1. The second-order valence-electron chi connectivity index (χ2n) is 8.73. The Morgan fingerprint density at radius 3 is 2.34 bits per heavy atom. The maximum absolute atomic E-state index is 13.1. The third kappa shape index (κ3) is 6.14. The lowest BCUT2D eigenvalue weighted by molar-refractivity contribution is 0.0729. The quantitative estimate of drug-likeness (QED) is 0.205. The molecular formula is C26H28FN7O4. The summed E-state index contributed by atoms with van der Waals surface area (Å²) < 4.78 is 29.4. The highest BCUT2D eigenvalue weighted by molar-refractivity contribution is 5.91. The zero-order chi connectivity index (χ0) is 26.3. The number of nitrogens with zero attached hydrogens (tertiary/aromatic N) is 6. The first kappa shape index (κ1) is 25.3. The summed E-state index contributed by atoms with van der Waals surface area (Å²) in [6, 6.07) is 10.1. The lowest BCUT2D eigenvalue weighted by atomic mass is 10.2. The van der Waals surface area contributed by atoms with Crippen molar-refractivity contribution in [3.8, 4) is 11.5 Å². The van der Waals surface area contributed by atoms with Crippen LogP contribution in [0.25, 0.3) is 0 Å². The first-order chi connectivity index (χ1) is 18.6. The number of hydrogen-bond donors (Lipinski definition) is 1. The molecule has 2 saturated heterocycles. The van der Waals surface area contributed by atoms with Crippen molar-refractivity contribution < 1.29 is 23.4 Å². The van der Waals surface area contributed by atoms with Gasteiger partial charge in [0.15, 0.2) is 11.5 Å². The topological polar surface area (TPSA) is 114 Å². The molecule has 1 aromatic heterocycles. The van der Waals surface area contributed by atoms with E-state index >= 15 is 0 Å². The number of ether oxygens (including phenoxy) is 3. The van der Waals surface area contributed by atoms with Crippen LogP contribution >= 0.6 is 0 Å². The highest BCUT2D eigenvalue weighted by atomic mass is 19.1. The molecule has 0 bridgehead atoms. The van der Waals surface area contributed by atoms with Gasteiger partial charge in [-0.15, -0.1) is 0 Å². The molecule has 0 atom stereocenters. The van der Waals surface area contributed by atoms with Crippen LogP contribution in [0, 0.1) is 5.82 Å². The molecule has 0 aliphatic carbocycles. The van der Waals surface area contributed by atoms with E-state index in [4.69, 9.17) is 19.2 Å². The number of anilines is 3. The molecule has 5 rings (SSSR count). The fraction of sp³-hybridized carbons (Fsp3) is 0.346. The summed E-state index contributed by atoms with van der Waals surface area (Å²) in [5.41, 5.74) is 3.83. The monoisotopic (exact) mass is 521 g/mol. The molecule has 0 amide bonds. The molecule has 198 valence electrons. The van der Waals surface area contributed by atoms with Crippen molar-refractivity contribution in [1.29, 1.82) is 0 Å². The molecule has 2 aliphatic heterocycles. The van der Waals surface area contributed by atoms with E-state index < -0.39 is 11.8 Å². The Balaban J connectivity index is 1.29. The van der Waals surface area contributed by atoms with Gasteiger partial charge < -0.3 is 24.0 Å². The van der Waals surface area contributed by atoms with E-state index in [9.17, 15) is 9.18 Å². The fourth-order valence-corrected chi connectivity index (χ4v) is 4.13. The van der Waals surface area contributed by atoms with Gasteiger partial charge in [-0.05, 0) is 60.9 Å². The summed E-state index contributed by atoms with van der Waals surface area (Å²) in [6.45, 7) is 4.50. The lowest BCUT2D eigenvalue weighted by Gasteiger charge is -2.27. The van der Waals surface area contributed by atoms with Crippen LogP contribution in [0.5, 0.6) is 11.5 Å². The standard InChI is InChI=1S/C26H28FN7O4/c1-36-22-16-18(4-9-21(22)38-23(35)19-5-7-20(27)8-6-19)17-28-32-24-29-25(33-10-2-3-11-33)31-26(30-24)34-12-14-37-15-13-34/h4-9,16-17H,2-3,10-15H2,1H3,(H,29,30,31,32)/b28-17-. The number of benzene rings is 2. The van der Waals surface area contributed by atoms with Crippen molar-refractivity contribution >= 4 is 30.0 Å². The van der Waals surface area contributed by atoms with Crippen LogP contribution in [0.15, 0.2) is 47.6 Å². The van der Waals surface area contributed by atoms with Crippen molar-refractivity contribution in [3.05, 3.63) is 59.4 Å². The van der Waals surface area contributed by atoms with Crippen LogP contribution in [0.2, 0.25) is 0 Å². The van der Waals surface area contributed by atoms with Crippen LogP contribution < -0.4 is 24.7 Å². The number of morpholine rings is 1. The van der Waals surface area contributed by atoms with Crippen LogP contribution in [-0.4, -0.2) is 73.6 Å². The zero-order valence-corrected chi connectivity index (χ0v) is 21.0. The normalized spacial score (nSPS) is 15.6. The van der Waals surface area contributed by atoms with E-state index in [1.165, 1.54) is 31.4 Å². The van der Waals surface area contributed by atoms with E-state index in [-0.39, 0.29) is 11.3 Å². The Morgan fingerprint density at radius 1 is 0.974 bits per heavy atom. The molecular weight excluding hydrogens is 493 g/mol. The minimum atomic E-state index is -0.619. The summed E-state index contributed by atoms with van der Waals surface area (Å²) in [5.74, 6) is 1.09. The molecule has 0 unspecified atom stereocenters. The van der Waals surface area contributed by atoms with Gasteiger partial charge in [-0.2, -0.15) is 20.1 Å². The number of rotatable bonds is 8. The van der Waals surface area contributed by atoms with E-state index in [0.29, 0.717) is 55.5 Å². The van der Waals surface area contributed by atoms with Crippen LogP contribution in [0.4, 0.5) is 22.2 Å². The molecule has 0 radical (unpaired) electrons. The van der Waals surface area contributed by atoms with E-state index in [2.05, 4.69) is 30.3 Å². The van der Waals surface area contributed by atoms with Gasteiger partial charge in [-0.3, -0.25) is 0 Å². The number of carbonyl (C=O) groups excluding carboxylic acids is 1. The van der Waals surface area contributed by atoms with Crippen molar-refractivity contribution in [2.75, 3.05) is 61.7 Å². The molecule has 12 heteroatoms. The van der Waals surface area contributed by atoms with Crippen LogP contribution in [-0.2, 0) is 4.74 Å². The summed E-state index contributed by atoms with van der Waals surface area (Å²) in [7, 11) is 1.47. The van der Waals surface area contributed by atoms with Gasteiger partial charge in [0.25, 0.3) is 0 Å². The lowest BCUT2D eigenvalue weighted by Crippen LogP contribution is -2.38. The molecule has 2 aliphatic rings. The SMILES string of the molecule is COc1cc(/C=N\Nc2nc(N3CCCC3)nc(N3CCOCC3)n2)ccc1OC(=O)c1ccc(F)cc1. The number of methoxy groups -OCH3 is 1. The summed E-state index contributed by atoms with van der Waals surface area (Å²) in [4.78, 5) is 30.5. The zero-order valence-electron chi connectivity index (χ0n) is 21.0. The second-order valence-corrected chi connectivity index (χ2v) is 8.73. The largest absolute Gasteiger partial charge is 0.493 e. The van der Waals surface area contributed by atoms with Gasteiger partial charge in [-0.1, -0.05) is 0 Å². The average Bonchev–Trinajstić information content (AvgIpc) is 3.50. The predicted octanol–water partition coefficient (Wildman–Crippen LogP) is 3.12.